The number of halogens is 1. The molecular formula is C24H36FN. The number of benzene rings is 1. The fraction of sp³-hybridized carbons (Fsp3) is 0.583. The van der Waals surface area contributed by atoms with Crippen LogP contribution in [0.4, 0.5) is 4.39 Å². The fourth-order valence-corrected chi connectivity index (χ4v) is 4.20. The summed E-state index contributed by atoms with van der Waals surface area (Å²) in [5.74, 6) is -0.164. The lowest BCUT2D eigenvalue weighted by molar-refractivity contribution is 0.235. The van der Waals surface area contributed by atoms with Gasteiger partial charge in [-0.2, -0.15) is 0 Å². The minimum Gasteiger partial charge on any atom is -0.370 e. The second-order valence-electron chi connectivity index (χ2n) is 8.20. The molecule has 1 fully saturated rings. The van der Waals surface area contributed by atoms with Crippen LogP contribution in [0, 0.1) is 11.2 Å². The normalized spacial score (nSPS) is 16.3. The van der Waals surface area contributed by atoms with Gasteiger partial charge in [-0.1, -0.05) is 63.0 Å². The predicted molar refractivity (Wildman–Crippen MR) is 111 cm³/mol. The van der Waals surface area contributed by atoms with Crippen LogP contribution in [0.25, 0.3) is 0 Å². The summed E-state index contributed by atoms with van der Waals surface area (Å²) in [6.45, 7) is 11.4. The molecule has 2 heteroatoms. The molecule has 0 spiro atoms. The molecule has 0 aromatic heterocycles. The largest absolute Gasteiger partial charge is 0.370 e. The summed E-state index contributed by atoms with van der Waals surface area (Å²) in [6.07, 6.45) is 9.54. The maximum Gasteiger partial charge on any atom is 0.123 e. The van der Waals surface area contributed by atoms with Gasteiger partial charge in [0.15, 0.2) is 0 Å². The summed E-state index contributed by atoms with van der Waals surface area (Å²) in [7, 11) is 2.21. The van der Waals surface area contributed by atoms with Crippen molar-refractivity contribution in [1.82, 2.24) is 4.90 Å². The first-order valence-electron chi connectivity index (χ1n) is 10.2. The first-order valence-corrected chi connectivity index (χ1v) is 10.2. The summed E-state index contributed by atoms with van der Waals surface area (Å²) in [5, 5.41) is 0. The van der Waals surface area contributed by atoms with Crippen molar-refractivity contribution in [2.75, 3.05) is 7.05 Å². The maximum atomic E-state index is 13.4. The van der Waals surface area contributed by atoms with E-state index in [-0.39, 0.29) is 17.3 Å². The molecule has 0 heterocycles. The molecule has 1 aromatic carbocycles. The molecule has 1 unspecified atom stereocenters. The smallest absolute Gasteiger partial charge is 0.123 e. The van der Waals surface area contributed by atoms with Crippen molar-refractivity contribution in [1.29, 1.82) is 0 Å². The van der Waals surface area contributed by atoms with E-state index in [9.17, 15) is 4.39 Å². The standard InChI is InChI=1S/C24H36FN/c1-7-9-13-22(20-14-16-21(25)17-15-20)26(6)23(8-2)24(4,5)18(3)19-11-10-12-19/h8,14-17,22H,7,9-13H2,1-6H3/b23-8-. The zero-order chi connectivity index (χ0) is 19.3. The van der Waals surface area contributed by atoms with Gasteiger partial charge in [-0.15, -0.1) is 0 Å². The topological polar surface area (TPSA) is 3.24 Å². The molecule has 0 N–H and O–H groups in total. The highest BCUT2D eigenvalue weighted by Crippen LogP contribution is 2.44. The average Bonchev–Trinajstić information content (AvgIpc) is 2.55. The Kier molecular flexibility index (Phi) is 7.08. The molecule has 0 bridgehead atoms. The molecular weight excluding hydrogens is 321 g/mol. The van der Waals surface area contributed by atoms with Crippen LogP contribution in [-0.2, 0) is 0 Å². The Morgan fingerprint density at radius 1 is 1.23 bits per heavy atom. The van der Waals surface area contributed by atoms with Gasteiger partial charge in [0.25, 0.3) is 0 Å². The predicted octanol–water partition coefficient (Wildman–Crippen LogP) is 7.42. The van der Waals surface area contributed by atoms with E-state index in [1.165, 1.54) is 48.9 Å². The van der Waals surface area contributed by atoms with Gasteiger partial charge in [0.2, 0.25) is 0 Å². The number of allylic oxidation sites excluding steroid dienone is 3. The molecule has 0 amide bonds. The number of rotatable bonds is 8. The zero-order valence-electron chi connectivity index (χ0n) is 17.5. The highest BCUT2D eigenvalue weighted by molar-refractivity contribution is 5.33. The minimum absolute atomic E-state index is 0.0176. The van der Waals surface area contributed by atoms with Crippen LogP contribution in [0.15, 0.2) is 47.2 Å². The molecule has 1 atom stereocenters. The van der Waals surface area contributed by atoms with E-state index in [1.54, 1.807) is 17.7 Å². The Bertz CT molecular complexity index is 645. The van der Waals surface area contributed by atoms with Gasteiger partial charge in [-0.25, -0.2) is 4.39 Å². The van der Waals surface area contributed by atoms with Crippen LogP contribution in [0.1, 0.15) is 84.7 Å². The Labute approximate surface area is 160 Å². The van der Waals surface area contributed by atoms with Crippen molar-refractivity contribution in [2.45, 2.75) is 79.2 Å². The van der Waals surface area contributed by atoms with Gasteiger partial charge in [0.1, 0.15) is 5.82 Å². The quantitative estimate of drug-likeness (QED) is 0.437. The lowest BCUT2D eigenvalue weighted by Crippen LogP contribution is -2.33. The Morgan fingerprint density at radius 3 is 2.31 bits per heavy atom. The van der Waals surface area contributed by atoms with E-state index in [1.807, 2.05) is 12.1 Å². The van der Waals surface area contributed by atoms with Crippen molar-refractivity contribution in [3.63, 3.8) is 0 Å². The van der Waals surface area contributed by atoms with E-state index >= 15 is 0 Å². The number of unbranched alkanes of at least 4 members (excludes halogenated alkanes) is 1. The van der Waals surface area contributed by atoms with E-state index in [0.717, 1.165) is 6.42 Å². The highest BCUT2D eigenvalue weighted by atomic mass is 19.1. The minimum atomic E-state index is -0.164. The third-order valence-corrected chi connectivity index (χ3v) is 6.27. The molecule has 26 heavy (non-hydrogen) atoms. The summed E-state index contributed by atoms with van der Waals surface area (Å²) in [4.78, 5) is 2.44. The van der Waals surface area contributed by atoms with Gasteiger partial charge >= 0.3 is 0 Å². The Morgan fingerprint density at radius 2 is 1.85 bits per heavy atom. The van der Waals surface area contributed by atoms with Crippen LogP contribution in [0.3, 0.4) is 0 Å². The van der Waals surface area contributed by atoms with Gasteiger partial charge < -0.3 is 4.90 Å². The van der Waals surface area contributed by atoms with E-state index < -0.39 is 0 Å². The lowest BCUT2D eigenvalue weighted by Gasteiger charge is -2.42. The molecule has 0 aliphatic heterocycles. The first-order chi connectivity index (χ1) is 12.3. The molecule has 0 radical (unpaired) electrons. The SMILES string of the molecule is C/C=C(\N(C)C(CCCC)c1ccc(F)cc1)C(C)(C)C(C)=C1CCC1. The molecule has 1 nitrogen and oxygen atoms in total. The second-order valence-corrected chi connectivity index (χ2v) is 8.20. The highest BCUT2D eigenvalue weighted by Gasteiger charge is 2.33. The third-order valence-electron chi connectivity index (χ3n) is 6.27. The zero-order valence-corrected chi connectivity index (χ0v) is 17.5. The van der Waals surface area contributed by atoms with Crippen LogP contribution < -0.4 is 0 Å². The summed E-state index contributed by atoms with van der Waals surface area (Å²) in [5.41, 5.74) is 5.74. The van der Waals surface area contributed by atoms with Gasteiger partial charge in [0.05, 0.1) is 6.04 Å². The molecule has 1 aromatic rings. The monoisotopic (exact) mass is 357 g/mol. The molecule has 1 aliphatic carbocycles. The van der Waals surface area contributed by atoms with Crippen molar-refractivity contribution in [3.8, 4) is 0 Å². The van der Waals surface area contributed by atoms with Gasteiger partial charge in [0, 0.05) is 18.2 Å². The van der Waals surface area contributed by atoms with Gasteiger partial charge in [-0.05, 0) is 57.2 Å². The van der Waals surface area contributed by atoms with Crippen LogP contribution in [-0.4, -0.2) is 11.9 Å². The maximum absolute atomic E-state index is 13.4. The number of hydrogen-bond donors (Lipinski definition) is 0. The second kappa shape index (κ2) is 8.88. The summed E-state index contributed by atoms with van der Waals surface area (Å²) in [6, 6.07) is 7.35. The van der Waals surface area contributed by atoms with Crippen molar-refractivity contribution < 1.29 is 4.39 Å². The molecule has 144 valence electrons. The van der Waals surface area contributed by atoms with Crippen molar-refractivity contribution in [2.24, 2.45) is 5.41 Å². The summed E-state index contributed by atoms with van der Waals surface area (Å²) < 4.78 is 13.4. The lowest BCUT2D eigenvalue weighted by atomic mass is 9.73. The van der Waals surface area contributed by atoms with E-state index in [4.69, 9.17) is 0 Å². The van der Waals surface area contributed by atoms with Crippen LogP contribution in [0.5, 0.6) is 0 Å². The molecule has 1 saturated carbocycles. The van der Waals surface area contributed by atoms with Crippen molar-refractivity contribution in [3.05, 3.63) is 58.6 Å². The summed E-state index contributed by atoms with van der Waals surface area (Å²) >= 11 is 0. The average molecular weight is 358 g/mol. The van der Waals surface area contributed by atoms with Crippen LogP contribution in [0.2, 0.25) is 0 Å². The first kappa shape index (κ1) is 20.7. The van der Waals surface area contributed by atoms with E-state index in [0.29, 0.717) is 0 Å². The number of nitrogens with zero attached hydrogens (tertiary/aromatic N) is 1. The third kappa shape index (κ3) is 4.39. The van der Waals surface area contributed by atoms with E-state index in [2.05, 4.69) is 52.6 Å². The molecule has 2 rings (SSSR count). The fourth-order valence-electron chi connectivity index (χ4n) is 4.20. The Hall–Kier alpha value is -1.57. The van der Waals surface area contributed by atoms with Gasteiger partial charge in [-0.3, -0.25) is 0 Å². The van der Waals surface area contributed by atoms with Crippen molar-refractivity contribution >= 4 is 0 Å². The number of hydrogen-bond acceptors (Lipinski definition) is 1. The molecule has 1 aliphatic rings. The Balaban J connectivity index is 2.35. The molecule has 0 saturated heterocycles. The van der Waals surface area contributed by atoms with Crippen LogP contribution >= 0.6 is 0 Å².